The predicted molar refractivity (Wildman–Crippen MR) is 198 cm³/mol. The van der Waals surface area contributed by atoms with Gasteiger partial charge in [0.05, 0.1) is 18.4 Å². The van der Waals surface area contributed by atoms with Crippen molar-refractivity contribution < 1.29 is 37.1 Å². The summed E-state index contributed by atoms with van der Waals surface area (Å²) in [6.07, 6.45) is 11.9. The fraction of sp³-hybridized carbons (Fsp3) is 0.564. The highest BCUT2D eigenvalue weighted by Gasteiger charge is 2.62. The number of carbonyl (C=O) groups excluding carboxylic acids is 4. The minimum absolute atomic E-state index is 0.0156. The lowest BCUT2D eigenvalue weighted by molar-refractivity contribution is -0.142. The third-order valence-electron chi connectivity index (χ3n) is 11.4. The van der Waals surface area contributed by atoms with Crippen LogP contribution in [-0.2, 0) is 29.1 Å². The summed E-state index contributed by atoms with van der Waals surface area (Å²) in [6, 6.07) is 5.85. The van der Waals surface area contributed by atoms with E-state index < -0.39 is 68.7 Å². The zero-order valence-electron chi connectivity index (χ0n) is 30.3. The number of nitrogens with zero attached hydrogens (tertiary/aromatic N) is 2. The van der Waals surface area contributed by atoms with Crippen molar-refractivity contribution in [1.29, 1.82) is 0 Å². The highest BCUT2D eigenvalue weighted by atomic mass is 32.2. The average molecular weight is 748 g/mol. The molecule has 5 atom stereocenters. The number of allylic oxidation sites excluding steroid dienone is 1. The van der Waals surface area contributed by atoms with E-state index in [0.717, 1.165) is 54.9 Å². The third-order valence-corrected chi connectivity index (χ3v) is 13.3. The number of fused-ring (bicyclic) bond motifs is 3. The second-order valence-corrected chi connectivity index (χ2v) is 18.1. The van der Waals surface area contributed by atoms with Crippen molar-refractivity contribution in [2.24, 2.45) is 17.3 Å². The summed E-state index contributed by atoms with van der Waals surface area (Å²) in [5, 5.41) is 6.77. The summed E-state index contributed by atoms with van der Waals surface area (Å²) in [7, 11) is -3.88. The zero-order valence-corrected chi connectivity index (χ0v) is 31.2. The molecule has 4 bridgehead atoms. The number of rotatable bonds is 7. The molecule has 3 saturated carbocycles. The van der Waals surface area contributed by atoms with Gasteiger partial charge in [-0.05, 0) is 79.4 Å². The molecule has 1 unspecified atom stereocenters. The number of sulfonamides is 1. The number of benzene rings is 1. The Labute approximate surface area is 310 Å². The first-order chi connectivity index (χ1) is 25.3. The Morgan fingerprint density at radius 1 is 1.11 bits per heavy atom. The normalized spacial score (nSPS) is 29.9. The smallest absolute Gasteiger partial charge is 0.407 e. The minimum atomic E-state index is -3.88. The van der Waals surface area contributed by atoms with E-state index in [-0.39, 0.29) is 37.3 Å². The zero-order chi connectivity index (χ0) is 37.5. The Bertz CT molecular complexity index is 1940. The topological polar surface area (TPSA) is 173 Å². The molecule has 0 radical (unpaired) electrons. The second-order valence-electron chi connectivity index (χ2n) is 16.1. The molecule has 3 heterocycles. The number of aromatic nitrogens is 1. The lowest BCUT2D eigenvalue weighted by Crippen LogP contribution is -2.59. The monoisotopic (exact) mass is 747 g/mol. The van der Waals surface area contributed by atoms with Gasteiger partial charge in [-0.2, -0.15) is 0 Å². The second kappa shape index (κ2) is 14.4. The maximum absolute atomic E-state index is 14.7. The Balaban J connectivity index is 1.22. The number of hydrogen-bond acceptors (Lipinski definition) is 9. The van der Waals surface area contributed by atoms with Crippen molar-refractivity contribution in [2.45, 2.75) is 107 Å². The van der Waals surface area contributed by atoms with E-state index in [1.807, 2.05) is 44.2 Å². The highest BCUT2D eigenvalue weighted by Crippen LogP contribution is 2.45. The SMILES string of the molecule is C=C[C@@H]1C[C@]1(NC(=O)[C@@H]1C[C@@H]2CN1C(=O)C(C1CCCC1)NC(=O)OCC(C)(C)CC/C=C/c1ccc3ccnc(c3c1)O2)C(=O)NS(=O)(=O)C1CC1. The van der Waals surface area contributed by atoms with Gasteiger partial charge in [0.2, 0.25) is 27.7 Å². The van der Waals surface area contributed by atoms with Gasteiger partial charge in [-0.15, -0.1) is 6.58 Å². The van der Waals surface area contributed by atoms with Crippen LogP contribution in [-0.4, -0.2) is 84.2 Å². The van der Waals surface area contributed by atoms with Crippen LogP contribution in [0.25, 0.3) is 16.8 Å². The van der Waals surface area contributed by atoms with Gasteiger partial charge < -0.3 is 25.0 Å². The van der Waals surface area contributed by atoms with Crippen LogP contribution >= 0.6 is 0 Å². The first-order valence-corrected chi connectivity index (χ1v) is 20.3. The van der Waals surface area contributed by atoms with Crippen LogP contribution in [0.3, 0.4) is 0 Å². The third kappa shape index (κ3) is 7.92. The molecule has 0 spiro atoms. The summed E-state index contributed by atoms with van der Waals surface area (Å²) in [4.78, 5) is 61.8. The Hall–Kier alpha value is -4.46. The number of hydrogen-bond donors (Lipinski definition) is 3. The van der Waals surface area contributed by atoms with Gasteiger partial charge in [0.25, 0.3) is 5.91 Å². The number of ether oxygens (including phenoxy) is 2. The fourth-order valence-electron chi connectivity index (χ4n) is 7.95. The van der Waals surface area contributed by atoms with Crippen molar-refractivity contribution in [3.63, 3.8) is 0 Å². The van der Waals surface area contributed by atoms with E-state index in [4.69, 9.17) is 9.47 Å². The molecule has 2 aromatic rings. The molecule has 284 valence electrons. The number of alkyl carbamates (subject to hydrolysis) is 1. The first-order valence-electron chi connectivity index (χ1n) is 18.7. The fourth-order valence-corrected chi connectivity index (χ4v) is 9.32. The molecule has 4 amide bonds. The lowest BCUT2D eigenvalue weighted by atomic mass is 9.88. The average Bonchev–Trinajstić information content (AvgIpc) is 4.00. The van der Waals surface area contributed by atoms with E-state index in [9.17, 15) is 27.6 Å². The molecule has 1 aromatic carbocycles. The van der Waals surface area contributed by atoms with Crippen molar-refractivity contribution in [3.8, 4) is 5.88 Å². The molecule has 2 aliphatic heterocycles. The van der Waals surface area contributed by atoms with E-state index in [1.165, 1.54) is 11.0 Å². The molecule has 14 heteroatoms. The van der Waals surface area contributed by atoms with Gasteiger partial charge in [0.1, 0.15) is 23.7 Å². The maximum atomic E-state index is 14.7. The highest BCUT2D eigenvalue weighted by molar-refractivity contribution is 7.91. The van der Waals surface area contributed by atoms with Gasteiger partial charge >= 0.3 is 6.09 Å². The van der Waals surface area contributed by atoms with Crippen LogP contribution in [0.1, 0.15) is 83.6 Å². The minimum Gasteiger partial charge on any atom is -0.472 e. The maximum Gasteiger partial charge on any atom is 0.407 e. The van der Waals surface area contributed by atoms with E-state index in [0.29, 0.717) is 18.7 Å². The van der Waals surface area contributed by atoms with Crippen LogP contribution in [0.2, 0.25) is 0 Å². The molecule has 3 aliphatic carbocycles. The first kappa shape index (κ1) is 36.9. The van der Waals surface area contributed by atoms with Crippen LogP contribution < -0.4 is 20.1 Å². The Morgan fingerprint density at radius 2 is 1.89 bits per heavy atom. The molecular weight excluding hydrogens is 699 g/mol. The van der Waals surface area contributed by atoms with Crippen LogP contribution in [0.5, 0.6) is 5.88 Å². The molecule has 3 N–H and O–H groups in total. The van der Waals surface area contributed by atoms with Crippen molar-refractivity contribution in [2.75, 3.05) is 13.2 Å². The molecule has 13 nitrogen and oxygen atoms in total. The number of nitrogens with one attached hydrogen (secondary N) is 3. The van der Waals surface area contributed by atoms with Crippen molar-refractivity contribution in [1.82, 2.24) is 25.2 Å². The standard InChI is InChI=1S/C39H49N5O8S/c1-4-27-21-39(27,36(47)43-53(49,50)29-14-15-29)42-33(45)31-20-28-22-44(31)35(46)32(26-10-5-6-11-26)41-37(48)51-23-38(2,3)17-8-7-9-24-12-13-25-16-18-40-34(52-28)30(25)19-24/h4,7,9,12-13,16,18-19,26-29,31-32H,1,5-6,8,10-11,14-15,17,20-23H2,2-3H3,(H,41,48)(H,42,45)(H,43,47)/b9-7+/t27-,28-,31+,32?,39-/m1/s1. The lowest BCUT2D eigenvalue weighted by Gasteiger charge is -2.32. The molecule has 4 fully saturated rings. The molecular formula is C39H49N5O8S. The largest absolute Gasteiger partial charge is 0.472 e. The van der Waals surface area contributed by atoms with Gasteiger partial charge in [-0.25, -0.2) is 18.2 Å². The summed E-state index contributed by atoms with van der Waals surface area (Å²) in [5.41, 5.74) is -0.904. The van der Waals surface area contributed by atoms with Crippen molar-refractivity contribution >= 4 is 50.7 Å². The van der Waals surface area contributed by atoms with E-state index >= 15 is 0 Å². The van der Waals surface area contributed by atoms with Crippen LogP contribution in [0.4, 0.5) is 4.79 Å². The molecule has 1 saturated heterocycles. The van der Waals surface area contributed by atoms with Gasteiger partial charge in [0, 0.05) is 23.9 Å². The summed E-state index contributed by atoms with van der Waals surface area (Å²) in [5.74, 6) is -2.19. The summed E-state index contributed by atoms with van der Waals surface area (Å²) >= 11 is 0. The quantitative estimate of drug-likeness (QED) is 0.348. The number of pyridine rings is 1. The van der Waals surface area contributed by atoms with E-state index in [1.54, 1.807) is 6.20 Å². The number of cyclic esters (lactones) is 1. The molecule has 7 rings (SSSR count). The molecule has 1 aromatic heterocycles. The van der Waals surface area contributed by atoms with Gasteiger partial charge in [-0.3, -0.25) is 19.1 Å². The Kier molecular flexibility index (Phi) is 10.0. The molecule has 5 aliphatic rings. The van der Waals surface area contributed by atoms with Gasteiger partial charge in [0.15, 0.2) is 0 Å². The summed E-state index contributed by atoms with van der Waals surface area (Å²) < 4.78 is 39.9. The number of carbonyl (C=O) groups is 4. The Morgan fingerprint density at radius 3 is 2.60 bits per heavy atom. The molecule has 53 heavy (non-hydrogen) atoms. The number of amides is 4. The van der Waals surface area contributed by atoms with Crippen LogP contribution in [0, 0.1) is 17.3 Å². The predicted octanol–water partition coefficient (Wildman–Crippen LogP) is 4.37. The van der Waals surface area contributed by atoms with E-state index in [2.05, 4.69) is 33.0 Å². The van der Waals surface area contributed by atoms with Crippen LogP contribution in [0.15, 0.2) is 49.2 Å². The summed E-state index contributed by atoms with van der Waals surface area (Å²) in [6.45, 7) is 8.02. The van der Waals surface area contributed by atoms with Crippen molar-refractivity contribution in [3.05, 3.63) is 54.8 Å². The van der Waals surface area contributed by atoms with Gasteiger partial charge in [-0.1, -0.05) is 57.0 Å².